The second-order valence-corrected chi connectivity index (χ2v) is 14.8. The lowest BCUT2D eigenvalue weighted by Crippen LogP contribution is -2.59. The SMILES string of the molecule is CC/C=C\C/C=C\C/C=C\C/C=C\CCCCCCC(=O)OC(COCCCCCCCCCCCCCCCC)COC1OC(CO)C(O)C(O)C1O. The number of aliphatic hydroxyl groups excluding tert-OH is 4. The molecule has 4 N–H and O–H groups in total. The van der Waals surface area contributed by atoms with Crippen LogP contribution in [0.25, 0.3) is 0 Å². The van der Waals surface area contributed by atoms with Crippen molar-refractivity contribution in [2.75, 3.05) is 26.4 Å². The molecule has 6 unspecified atom stereocenters. The van der Waals surface area contributed by atoms with E-state index in [0.29, 0.717) is 13.0 Å². The summed E-state index contributed by atoms with van der Waals surface area (Å²) in [6.45, 7) is 4.42. The number of carbonyl (C=O) groups is 1. The number of hydrogen-bond acceptors (Lipinski definition) is 9. The third kappa shape index (κ3) is 27.7. The fourth-order valence-corrected chi connectivity index (χ4v) is 6.36. The number of ether oxygens (including phenoxy) is 4. The van der Waals surface area contributed by atoms with Gasteiger partial charge in [0, 0.05) is 13.0 Å². The van der Waals surface area contributed by atoms with Crippen LogP contribution in [0.4, 0.5) is 0 Å². The van der Waals surface area contributed by atoms with E-state index in [1.807, 2.05) is 0 Å². The molecule has 314 valence electrons. The quantitative estimate of drug-likeness (QED) is 0.0280. The first kappa shape index (κ1) is 50.2. The van der Waals surface area contributed by atoms with Crippen LogP contribution >= 0.6 is 0 Å². The van der Waals surface area contributed by atoms with Crippen molar-refractivity contribution in [2.45, 2.75) is 205 Å². The van der Waals surface area contributed by atoms with Gasteiger partial charge < -0.3 is 39.4 Å². The van der Waals surface area contributed by atoms with E-state index < -0.39 is 43.4 Å². The molecule has 0 aromatic carbocycles. The van der Waals surface area contributed by atoms with Crippen LogP contribution in [0.2, 0.25) is 0 Å². The maximum Gasteiger partial charge on any atom is 0.306 e. The third-order valence-corrected chi connectivity index (χ3v) is 9.76. The summed E-state index contributed by atoms with van der Waals surface area (Å²) in [5.74, 6) is -0.337. The predicted molar refractivity (Wildman–Crippen MR) is 219 cm³/mol. The minimum Gasteiger partial charge on any atom is -0.457 e. The van der Waals surface area contributed by atoms with Gasteiger partial charge in [0.25, 0.3) is 0 Å². The lowest BCUT2D eigenvalue weighted by Gasteiger charge is -2.39. The Kier molecular flexibility index (Phi) is 34.2. The van der Waals surface area contributed by atoms with Gasteiger partial charge >= 0.3 is 5.97 Å². The van der Waals surface area contributed by atoms with E-state index in [2.05, 4.69) is 62.5 Å². The molecule has 0 radical (unpaired) electrons. The number of rotatable bonds is 36. The summed E-state index contributed by atoms with van der Waals surface area (Å²) in [4.78, 5) is 12.7. The molecule has 0 bridgehead atoms. The zero-order valence-electron chi connectivity index (χ0n) is 34.2. The van der Waals surface area contributed by atoms with Gasteiger partial charge in [0.05, 0.1) is 19.8 Å². The largest absolute Gasteiger partial charge is 0.457 e. The first-order valence-electron chi connectivity index (χ1n) is 21.7. The summed E-state index contributed by atoms with van der Waals surface area (Å²) < 4.78 is 22.8. The molecular formula is C45H80O9. The van der Waals surface area contributed by atoms with Crippen molar-refractivity contribution in [3.63, 3.8) is 0 Å². The van der Waals surface area contributed by atoms with Gasteiger partial charge in [0.15, 0.2) is 6.29 Å². The van der Waals surface area contributed by atoms with E-state index in [0.717, 1.165) is 70.6 Å². The monoisotopic (exact) mass is 765 g/mol. The molecule has 1 aliphatic heterocycles. The van der Waals surface area contributed by atoms with Gasteiger partial charge in [-0.25, -0.2) is 0 Å². The summed E-state index contributed by atoms with van der Waals surface area (Å²) in [7, 11) is 0. The molecule has 9 nitrogen and oxygen atoms in total. The first-order chi connectivity index (χ1) is 26.4. The van der Waals surface area contributed by atoms with Crippen molar-refractivity contribution < 1.29 is 44.2 Å². The highest BCUT2D eigenvalue weighted by atomic mass is 16.7. The fraction of sp³-hybridized carbons (Fsp3) is 0.800. The van der Waals surface area contributed by atoms with E-state index in [1.165, 1.54) is 77.0 Å². The topological polar surface area (TPSA) is 135 Å². The Morgan fingerprint density at radius 2 is 1.13 bits per heavy atom. The number of esters is 1. The summed E-state index contributed by atoms with van der Waals surface area (Å²) >= 11 is 0. The zero-order valence-corrected chi connectivity index (χ0v) is 34.2. The molecule has 0 saturated carbocycles. The maximum atomic E-state index is 12.7. The number of allylic oxidation sites excluding steroid dienone is 8. The number of aliphatic hydroxyl groups is 4. The van der Waals surface area contributed by atoms with Crippen molar-refractivity contribution in [1.29, 1.82) is 0 Å². The van der Waals surface area contributed by atoms with Crippen LogP contribution in [0.1, 0.15) is 168 Å². The molecule has 0 aromatic rings. The minimum absolute atomic E-state index is 0.123. The van der Waals surface area contributed by atoms with E-state index in [4.69, 9.17) is 18.9 Å². The van der Waals surface area contributed by atoms with Crippen molar-refractivity contribution in [1.82, 2.24) is 0 Å². The zero-order chi connectivity index (χ0) is 39.3. The Bertz CT molecular complexity index is 963. The summed E-state index contributed by atoms with van der Waals surface area (Å²) in [6.07, 6.45) is 37.0. The Balaban J connectivity index is 2.30. The van der Waals surface area contributed by atoms with Crippen molar-refractivity contribution in [2.24, 2.45) is 0 Å². The molecule has 6 atom stereocenters. The standard InChI is InChI=1S/C45H80O9/c1-3-5-7-9-11-13-15-17-19-20-21-22-24-26-28-30-32-34-41(47)53-39(38-52-45-44(50)43(49)42(48)40(36-46)54-45)37-51-35-33-31-29-27-25-23-18-16-14-12-10-8-6-4-2/h5,7,11,13,17,19,21-22,39-40,42-46,48-50H,3-4,6,8-10,12,14-16,18,20,23-38H2,1-2H3/b7-5-,13-11-,19-17-,22-21-. The van der Waals surface area contributed by atoms with Crippen LogP contribution in [0.5, 0.6) is 0 Å². The molecule has 1 heterocycles. The Labute approximate surface area is 329 Å². The van der Waals surface area contributed by atoms with Crippen LogP contribution in [0, 0.1) is 0 Å². The van der Waals surface area contributed by atoms with Crippen LogP contribution < -0.4 is 0 Å². The summed E-state index contributed by atoms with van der Waals surface area (Å²) in [5, 5.41) is 40.1. The predicted octanol–water partition coefficient (Wildman–Crippen LogP) is 9.36. The molecule has 0 spiro atoms. The van der Waals surface area contributed by atoms with Crippen LogP contribution in [0.3, 0.4) is 0 Å². The minimum atomic E-state index is -1.54. The lowest BCUT2D eigenvalue weighted by molar-refractivity contribution is -0.305. The highest BCUT2D eigenvalue weighted by molar-refractivity contribution is 5.69. The van der Waals surface area contributed by atoms with Gasteiger partial charge in [-0.05, 0) is 51.4 Å². The molecule has 54 heavy (non-hydrogen) atoms. The summed E-state index contributed by atoms with van der Waals surface area (Å²) in [6, 6.07) is 0. The van der Waals surface area contributed by atoms with Crippen molar-refractivity contribution in [3.05, 3.63) is 48.6 Å². The molecular weight excluding hydrogens is 684 g/mol. The highest BCUT2D eigenvalue weighted by Gasteiger charge is 2.44. The van der Waals surface area contributed by atoms with Crippen molar-refractivity contribution in [3.8, 4) is 0 Å². The molecule has 1 fully saturated rings. The van der Waals surface area contributed by atoms with Gasteiger partial charge in [0.1, 0.15) is 30.5 Å². The van der Waals surface area contributed by atoms with E-state index >= 15 is 0 Å². The molecule has 9 heteroatoms. The third-order valence-electron chi connectivity index (χ3n) is 9.76. The fourth-order valence-electron chi connectivity index (χ4n) is 6.36. The van der Waals surface area contributed by atoms with Gasteiger partial charge in [-0.3, -0.25) is 4.79 Å². The van der Waals surface area contributed by atoms with E-state index in [-0.39, 0.29) is 19.2 Å². The molecule has 1 rings (SSSR count). The second-order valence-electron chi connectivity index (χ2n) is 14.8. The van der Waals surface area contributed by atoms with Gasteiger partial charge in [-0.2, -0.15) is 0 Å². The van der Waals surface area contributed by atoms with E-state index in [1.54, 1.807) is 0 Å². The van der Waals surface area contributed by atoms with Gasteiger partial charge in [0.2, 0.25) is 0 Å². The lowest BCUT2D eigenvalue weighted by atomic mass is 9.99. The molecule has 1 saturated heterocycles. The summed E-state index contributed by atoms with van der Waals surface area (Å²) in [5.41, 5.74) is 0. The number of hydrogen-bond donors (Lipinski definition) is 4. The van der Waals surface area contributed by atoms with Crippen LogP contribution in [-0.4, -0.2) is 89.6 Å². The number of carbonyl (C=O) groups excluding carboxylic acids is 1. The Morgan fingerprint density at radius 1 is 0.611 bits per heavy atom. The average Bonchev–Trinajstić information content (AvgIpc) is 3.17. The van der Waals surface area contributed by atoms with Gasteiger partial charge in [-0.15, -0.1) is 0 Å². The number of unbranched alkanes of at least 4 members (excludes halogenated alkanes) is 17. The first-order valence-corrected chi connectivity index (χ1v) is 21.7. The normalized spacial score (nSPS) is 21.3. The Hall–Kier alpha value is -1.85. The van der Waals surface area contributed by atoms with Crippen molar-refractivity contribution >= 4 is 5.97 Å². The highest BCUT2D eigenvalue weighted by Crippen LogP contribution is 2.22. The molecule has 0 aromatic heterocycles. The second kappa shape index (κ2) is 36.8. The molecule has 1 aliphatic rings. The van der Waals surface area contributed by atoms with Gasteiger partial charge in [-0.1, -0.05) is 159 Å². The molecule has 0 aliphatic carbocycles. The average molecular weight is 765 g/mol. The Morgan fingerprint density at radius 3 is 1.70 bits per heavy atom. The smallest absolute Gasteiger partial charge is 0.306 e. The van der Waals surface area contributed by atoms with E-state index in [9.17, 15) is 25.2 Å². The maximum absolute atomic E-state index is 12.7. The molecule has 0 amide bonds. The van der Waals surface area contributed by atoms with Crippen LogP contribution in [-0.2, 0) is 23.7 Å². The van der Waals surface area contributed by atoms with Crippen LogP contribution in [0.15, 0.2) is 48.6 Å².